The van der Waals surface area contributed by atoms with Crippen LogP contribution < -0.4 is 5.32 Å². The number of piperazine rings is 1. The highest BCUT2D eigenvalue weighted by atomic mass is 32.1. The van der Waals surface area contributed by atoms with Crippen molar-refractivity contribution in [2.24, 2.45) is 0 Å². The van der Waals surface area contributed by atoms with E-state index in [0.717, 1.165) is 26.2 Å². The summed E-state index contributed by atoms with van der Waals surface area (Å²) in [7, 11) is 2.13. The van der Waals surface area contributed by atoms with Gasteiger partial charge < -0.3 is 10.2 Å². The third-order valence-electron chi connectivity index (χ3n) is 4.30. The van der Waals surface area contributed by atoms with Crippen molar-refractivity contribution in [1.29, 1.82) is 0 Å². The predicted molar refractivity (Wildman–Crippen MR) is 95.5 cm³/mol. The number of hydrogen-bond acceptors (Lipinski definition) is 7. The summed E-state index contributed by atoms with van der Waals surface area (Å²) in [6, 6.07) is 7.43. The SMILES string of the molecule is CN1CCN([C@@H](CNc2ncccc2[N+](=O)[O-])c2cccs2)CC1. The monoisotopic (exact) mass is 347 g/mol. The zero-order valence-electron chi connectivity index (χ0n) is 13.6. The number of nitro groups is 1. The Hall–Kier alpha value is -2.03. The Balaban J connectivity index is 1.74. The van der Waals surface area contributed by atoms with Gasteiger partial charge in [0.15, 0.2) is 0 Å². The van der Waals surface area contributed by atoms with Crippen molar-refractivity contribution in [2.45, 2.75) is 6.04 Å². The van der Waals surface area contributed by atoms with E-state index in [4.69, 9.17) is 0 Å². The smallest absolute Gasteiger partial charge is 0.311 e. The molecule has 1 atom stereocenters. The van der Waals surface area contributed by atoms with Gasteiger partial charge in [0.1, 0.15) is 0 Å². The van der Waals surface area contributed by atoms with Crippen molar-refractivity contribution >= 4 is 22.8 Å². The Morgan fingerprint density at radius 1 is 1.33 bits per heavy atom. The van der Waals surface area contributed by atoms with E-state index < -0.39 is 4.92 Å². The van der Waals surface area contributed by atoms with Crippen molar-refractivity contribution < 1.29 is 4.92 Å². The molecule has 8 heteroatoms. The number of likely N-dealkylation sites (N-methyl/N-ethyl adjacent to an activating group) is 1. The van der Waals surface area contributed by atoms with Gasteiger partial charge in [-0.1, -0.05) is 6.07 Å². The number of hydrogen-bond donors (Lipinski definition) is 1. The quantitative estimate of drug-likeness (QED) is 0.639. The number of anilines is 1. The molecule has 7 nitrogen and oxygen atoms in total. The third-order valence-corrected chi connectivity index (χ3v) is 5.27. The summed E-state index contributed by atoms with van der Waals surface area (Å²) >= 11 is 1.72. The summed E-state index contributed by atoms with van der Waals surface area (Å²) < 4.78 is 0. The van der Waals surface area contributed by atoms with E-state index >= 15 is 0 Å². The number of thiophene rings is 1. The van der Waals surface area contributed by atoms with E-state index in [1.165, 1.54) is 10.9 Å². The molecule has 128 valence electrons. The van der Waals surface area contributed by atoms with Crippen LogP contribution in [0.1, 0.15) is 10.9 Å². The highest BCUT2D eigenvalue weighted by Crippen LogP contribution is 2.28. The van der Waals surface area contributed by atoms with Crippen LogP contribution >= 0.6 is 11.3 Å². The molecule has 24 heavy (non-hydrogen) atoms. The van der Waals surface area contributed by atoms with Crippen LogP contribution in [0.25, 0.3) is 0 Å². The maximum Gasteiger partial charge on any atom is 0.311 e. The molecule has 2 aromatic heterocycles. The Labute approximate surface area is 145 Å². The zero-order chi connectivity index (χ0) is 16.9. The lowest BCUT2D eigenvalue weighted by Crippen LogP contribution is -2.47. The molecule has 0 aliphatic carbocycles. The molecule has 1 saturated heterocycles. The predicted octanol–water partition coefficient (Wildman–Crippen LogP) is 2.45. The molecule has 1 aliphatic heterocycles. The largest absolute Gasteiger partial charge is 0.362 e. The molecule has 3 rings (SSSR count). The third kappa shape index (κ3) is 3.89. The van der Waals surface area contributed by atoms with Gasteiger partial charge in [-0.3, -0.25) is 15.0 Å². The first-order chi connectivity index (χ1) is 11.6. The normalized spacial score (nSPS) is 17.5. The van der Waals surface area contributed by atoms with E-state index in [1.807, 2.05) is 6.07 Å². The minimum Gasteiger partial charge on any atom is -0.362 e. The second-order valence-electron chi connectivity index (χ2n) is 5.88. The van der Waals surface area contributed by atoms with Gasteiger partial charge in [0.2, 0.25) is 5.82 Å². The molecule has 0 bridgehead atoms. The van der Waals surface area contributed by atoms with Crippen LogP contribution in [0.2, 0.25) is 0 Å². The minimum absolute atomic E-state index is 0.0146. The molecule has 3 heterocycles. The fraction of sp³-hybridized carbons (Fsp3) is 0.438. The summed E-state index contributed by atoms with van der Waals surface area (Å²) in [4.78, 5) is 20.9. The summed E-state index contributed by atoms with van der Waals surface area (Å²) in [6.07, 6.45) is 1.57. The first-order valence-electron chi connectivity index (χ1n) is 7.94. The van der Waals surface area contributed by atoms with E-state index in [2.05, 4.69) is 38.6 Å². The minimum atomic E-state index is -0.397. The molecule has 0 radical (unpaired) electrons. The Bertz CT molecular complexity index is 671. The first-order valence-corrected chi connectivity index (χ1v) is 8.82. The van der Waals surface area contributed by atoms with Gasteiger partial charge >= 0.3 is 5.69 Å². The van der Waals surface area contributed by atoms with Gasteiger partial charge in [0, 0.05) is 49.9 Å². The number of rotatable bonds is 6. The van der Waals surface area contributed by atoms with E-state index in [9.17, 15) is 10.1 Å². The first kappa shape index (κ1) is 16.8. The van der Waals surface area contributed by atoms with Crippen molar-refractivity contribution in [2.75, 3.05) is 45.1 Å². The van der Waals surface area contributed by atoms with Gasteiger partial charge in [-0.25, -0.2) is 4.98 Å². The van der Waals surface area contributed by atoms with Crippen molar-refractivity contribution in [3.05, 3.63) is 50.8 Å². The second-order valence-corrected chi connectivity index (χ2v) is 6.86. The maximum atomic E-state index is 11.1. The summed E-state index contributed by atoms with van der Waals surface area (Å²) in [5.74, 6) is 0.332. The fourth-order valence-corrected chi connectivity index (χ4v) is 3.76. The van der Waals surface area contributed by atoms with Gasteiger partial charge in [0.25, 0.3) is 0 Å². The zero-order valence-corrected chi connectivity index (χ0v) is 14.4. The average molecular weight is 347 g/mol. The Kier molecular flexibility index (Phi) is 5.39. The highest BCUT2D eigenvalue weighted by Gasteiger charge is 2.25. The van der Waals surface area contributed by atoms with E-state index in [0.29, 0.717) is 12.4 Å². The molecule has 0 spiro atoms. The second kappa shape index (κ2) is 7.69. The van der Waals surface area contributed by atoms with Crippen LogP contribution in [0.15, 0.2) is 35.8 Å². The van der Waals surface area contributed by atoms with Crippen LogP contribution in [0.3, 0.4) is 0 Å². The fourth-order valence-electron chi connectivity index (χ4n) is 2.90. The molecule has 1 N–H and O–H groups in total. The topological polar surface area (TPSA) is 74.5 Å². The van der Waals surface area contributed by atoms with Crippen LogP contribution in [0.5, 0.6) is 0 Å². The molecule has 0 saturated carbocycles. The van der Waals surface area contributed by atoms with E-state index in [1.54, 1.807) is 23.6 Å². The number of pyridine rings is 1. The van der Waals surface area contributed by atoms with Crippen molar-refractivity contribution in [3.63, 3.8) is 0 Å². The lowest BCUT2D eigenvalue weighted by molar-refractivity contribution is -0.384. The lowest BCUT2D eigenvalue weighted by atomic mass is 10.1. The van der Waals surface area contributed by atoms with Crippen LogP contribution in [-0.2, 0) is 0 Å². The van der Waals surface area contributed by atoms with Crippen LogP contribution in [0.4, 0.5) is 11.5 Å². The van der Waals surface area contributed by atoms with Gasteiger partial charge in [0.05, 0.1) is 11.0 Å². The maximum absolute atomic E-state index is 11.1. The molecule has 1 aliphatic rings. The lowest BCUT2D eigenvalue weighted by Gasteiger charge is -2.37. The molecule has 0 aromatic carbocycles. The van der Waals surface area contributed by atoms with Crippen LogP contribution in [-0.4, -0.2) is 59.5 Å². The summed E-state index contributed by atoms with van der Waals surface area (Å²) in [5, 5.41) is 16.4. The van der Waals surface area contributed by atoms with Gasteiger partial charge in [-0.05, 0) is 24.6 Å². The van der Waals surface area contributed by atoms with Crippen molar-refractivity contribution in [3.8, 4) is 0 Å². The number of aromatic nitrogens is 1. The van der Waals surface area contributed by atoms with E-state index in [-0.39, 0.29) is 11.7 Å². The molecule has 0 amide bonds. The van der Waals surface area contributed by atoms with Crippen molar-refractivity contribution in [1.82, 2.24) is 14.8 Å². The molecular formula is C16H21N5O2S. The number of nitrogens with zero attached hydrogens (tertiary/aromatic N) is 4. The Morgan fingerprint density at radius 3 is 2.79 bits per heavy atom. The number of nitrogens with one attached hydrogen (secondary N) is 1. The van der Waals surface area contributed by atoms with Crippen LogP contribution in [0, 0.1) is 10.1 Å². The standard InChI is InChI=1S/C16H21N5O2S/c1-19-7-9-20(10-8-19)14(15-5-3-11-24-15)12-18-16-13(21(22)23)4-2-6-17-16/h2-6,11,14H,7-10,12H2,1H3,(H,17,18)/t14-/m0/s1. The van der Waals surface area contributed by atoms with Gasteiger partial charge in [-0.15, -0.1) is 11.3 Å². The Morgan fingerprint density at radius 2 is 2.12 bits per heavy atom. The summed E-state index contributed by atoms with van der Waals surface area (Å²) in [6.45, 7) is 4.65. The average Bonchev–Trinajstić information content (AvgIpc) is 3.11. The van der Waals surface area contributed by atoms with Gasteiger partial charge in [-0.2, -0.15) is 0 Å². The molecule has 1 fully saturated rings. The summed E-state index contributed by atoms with van der Waals surface area (Å²) in [5.41, 5.74) is 0.0146. The molecular weight excluding hydrogens is 326 g/mol. The highest BCUT2D eigenvalue weighted by molar-refractivity contribution is 7.10. The molecule has 0 unspecified atom stereocenters. The molecule has 2 aromatic rings.